The molecule has 1 aromatic carbocycles. The topological polar surface area (TPSA) is 66.5 Å². The Hall–Kier alpha value is -1.92. The van der Waals surface area contributed by atoms with Crippen LogP contribution in [0.4, 0.5) is 0 Å². The Morgan fingerprint density at radius 1 is 1.14 bits per heavy atom. The maximum atomic E-state index is 12.8. The fourth-order valence-corrected chi connectivity index (χ4v) is 6.03. The summed E-state index contributed by atoms with van der Waals surface area (Å²) in [7, 11) is -3.33. The van der Waals surface area contributed by atoms with Gasteiger partial charge in [-0.1, -0.05) is 54.1 Å². The summed E-state index contributed by atoms with van der Waals surface area (Å²) >= 11 is 0. The van der Waals surface area contributed by atoms with E-state index >= 15 is 0 Å². The van der Waals surface area contributed by atoms with Gasteiger partial charge in [0.15, 0.2) is 0 Å². The third kappa shape index (κ3) is 4.81. The molecule has 156 valence electrons. The van der Waals surface area contributed by atoms with E-state index in [2.05, 4.69) is 47.2 Å². The molecule has 1 N–H and O–H groups in total. The lowest BCUT2D eigenvalue weighted by Crippen LogP contribution is -2.61. The summed E-state index contributed by atoms with van der Waals surface area (Å²) in [5.74, 6) is 0.506. The average molecular weight is 415 g/mol. The van der Waals surface area contributed by atoms with Crippen molar-refractivity contribution in [1.82, 2.24) is 9.62 Å². The van der Waals surface area contributed by atoms with Gasteiger partial charge >= 0.3 is 0 Å². The first-order valence-electron chi connectivity index (χ1n) is 10.6. The Bertz CT molecular complexity index is 907. The fourth-order valence-electron chi connectivity index (χ4n) is 5.20. The second-order valence-corrected chi connectivity index (χ2v) is 10.4. The molecular weight excluding hydrogens is 384 g/mol. The maximum absolute atomic E-state index is 12.8. The van der Waals surface area contributed by atoms with E-state index in [0.717, 1.165) is 38.5 Å². The summed E-state index contributed by atoms with van der Waals surface area (Å²) in [6.07, 6.45) is 13.5. The van der Waals surface area contributed by atoms with Crippen LogP contribution in [0.3, 0.4) is 0 Å². The maximum Gasteiger partial charge on any atom is 0.223 e. The smallest absolute Gasteiger partial charge is 0.223 e. The first kappa shape index (κ1) is 20.4. The molecule has 0 bridgehead atoms. The van der Waals surface area contributed by atoms with Gasteiger partial charge in [0.05, 0.1) is 12.3 Å². The number of piperidine rings is 2. The molecule has 1 aromatic rings. The predicted octanol–water partition coefficient (Wildman–Crippen LogP) is 3.51. The third-order valence-electron chi connectivity index (χ3n) is 6.46. The number of sulfonamides is 1. The van der Waals surface area contributed by atoms with Gasteiger partial charge in [0.1, 0.15) is 0 Å². The van der Waals surface area contributed by atoms with Crippen molar-refractivity contribution in [3.8, 4) is 0 Å². The number of nitrogens with zero attached hydrogens (tertiary/aromatic N) is 1. The molecule has 4 rings (SSSR count). The van der Waals surface area contributed by atoms with Crippen LogP contribution in [0.15, 0.2) is 54.1 Å². The molecule has 0 radical (unpaired) electrons. The van der Waals surface area contributed by atoms with Crippen molar-refractivity contribution >= 4 is 15.9 Å². The minimum Gasteiger partial charge on any atom is -0.335 e. The molecule has 2 aliphatic heterocycles. The van der Waals surface area contributed by atoms with Crippen molar-refractivity contribution in [1.29, 1.82) is 0 Å². The molecule has 5 nitrogen and oxygen atoms in total. The van der Waals surface area contributed by atoms with Crippen LogP contribution in [0.2, 0.25) is 0 Å². The Morgan fingerprint density at radius 2 is 1.93 bits per heavy atom. The van der Waals surface area contributed by atoms with Crippen LogP contribution in [0.25, 0.3) is 0 Å². The van der Waals surface area contributed by atoms with Crippen molar-refractivity contribution in [2.45, 2.75) is 69.0 Å². The molecule has 0 spiro atoms. The Balaban J connectivity index is 1.56. The number of hydrogen-bond acceptors (Lipinski definition) is 3. The van der Waals surface area contributed by atoms with Crippen molar-refractivity contribution in [2.75, 3.05) is 6.26 Å². The quantitative estimate of drug-likeness (QED) is 0.802. The highest BCUT2D eigenvalue weighted by atomic mass is 32.2. The largest absolute Gasteiger partial charge is 0.335 e. The van der Waals surface area contributed by atoms with Gasteiger partial charge in [-0.2, -0.15) is 0 Å². The molecule has 3 aliphatic rings. The molecule has 29 heavy (non-hydrogen) atoms. The second-order valence-electron chi connectivity index (χ2n) is 8.62. The lowest BCUT2D eigenvalue weighted by atomic mass is 9.80. The van der Waals surface area contributed by atoms with Crippen LogP contribution in [-0.2, 0) is 14.8 Å². The highest BCUT2D eigenvalue weighted by Gasteiger charge is 2.42. The van der Waals surface area contributed by atoms with Gasteiger partial charge in [-0.3, -0.25) is 4.79 Å². The first-order chi connectivity index (χ1) is 13.9. The number of nitrogens with one attached hydrogen (secondary N) is 1. The Kier molecular flexibility index (Phi) is 5.93. The van der Waals surface area contributed by atoms with Crippen LogP contribution in [0.5, 0.6) is 0 Å². The number of carbonyl (C=O) groups excluding carboxylic acids is 1. The molecule has 2 fully saturated rings. The van der Waals surface area contributed by atoms with Crippen LogP contribution in [0, 0.1) is 0 Å². The number of rotatable bonds is 5. The number of amides is 1. The Morgan fingerprint density at radius 3 is 2.69 bits per heavy atom. The first-order valence-corrected chi connectivity index (χ1v) is 12.5. The number of fused-ring (bicyclic) bond motifs is 1. The van der Waals surface area contributed by atoms with Crippen LogP contribution >= 0.6 is 0 Å². The highest BCUT2D eigenvalue weighted by molar-refractivity contribution is 7.88. The zero-order valence-corrected chi connectivity index (χ0v) is 17.8. The lowest BCUT2D eigenvalue weighted by Gasteiger charge is -2.49. The second kappa shape index (κ2) is 8.44. The average Bonchev–Trinajstić information content (AvgIpc) is 2.70. The molecule has 2 heterocycles. The van der Waals surface area contributed by atoms with Gasteiger partial charge < -0.3 is 4.90 Å². The summed E-state index contributed by atoms with van der Waals surface area (Å²) in [5, 5.41) is 0. The van der Waals surface area contributed by atoms with Crippen molar-refractivity contribution in [3.63, 3.8) is 0 Å². The van der Waals surface area contributed by atoms with E-state index in [1.165, 1.54) is 17.4 Å². The standard InChI is InChI=1S/C23H30N2O3S/c1-29(27,28)24-21-14-13-20-11-6-12-23(26)25(20)22(21)16-17-7-5-10-19(15-17)18-8-3-2-4-9-18/h2-5,7-10,19-22,24H,6,11-16H2,1H3/t19?,20-,21?,22?/m1/s1. The number of benzene rings is 1. The monoisotopic (exact) mass is 414 g/mol. The molecule has 3 unspecified atom stereocenters. The molecule has 0 saturated carbocycles. The van der Waals surface area contributed by atoms with Crippen molar-refractivity contribution in [3.05, 3.63) is 59.7 Å². The molecule has 1 aliphatic carbocycles. The summed E-state index contributed by atoms with van der Waals surface area (Å²) in [4.78, 5) is 14.8. The molecule has 2 saturated heterocycles. The zero-order valence-electron chi connectivity index (χ0n) is 17.0. The van der Waals surface area contributed by atoms with E-state index in [1.54, 1.807) is 0 Å². The van der Waals surface area contributed by atoms with Crippen LogP contribution < -0.4 is 4.72 Å². The summed E-state index contributed by atoms with van der Waals surface area (Å²) in [6.45, 7) is 0. The van der Waals surface area contributed by atoms with Crippen LogP contribution in [0.1, 0.15) is 56.4 Å². The van der Waals surface area contributed by atoms with Gasteiger partial charge in [0, 0.05) is 24.4 Å². The van der Waals surface area contributed by atoms with Gasteiger partial charge in [0.2, 0.25) is 15.9 Å². The van der Waals surface area contributed by atoms with E-state index in [0.29, 0.717) is 12.3 Å². The van der Waals surface area contributed by atoms with Gasteiger partial charge in [-0.25, -0.2) is 13.1 Å². The van der Waals surface area contributed by atoms with Crippen molar-refractivity contribution < 1.29 is 13.2 Å². The molecule has 0 aromatic heterocycles. The van der Waals surface area contributed by atoms with Crippen molar-refractivity contribution in [2.24, 2.45) is 0 Å². The molecule has 6 heteroatoms. The summed E-state index contributed by atoms with van der Waals surface area (Å²) < 4.78 is 26.8. The third-order valence-corrected chi connectivity index (χ3v) is 7.19. The number of carbonyl (C=O) groups is 1. The van der Waals surface area contributed by atoms with Gasteiger partial charge in [-0.05, 0) is 44.1 Å². The normalized spacial score (nSPS) is 30.0. The lowest BCUT2D eigenvalue weighted by molar-refractivity contribution is -0.142. The van der Waals surface area contributed by atoms with Gasteiger partial charge in [0.25, 0.3) is 0 Å². The van der Waals surface area contributed by atoms with Crippen LogP contribution in [-0.4, -0.2) is 43.6 Å². The minimum atomic E-state index is -3.33. The number of hydrogen-bond donors (Lipinski definition) is 1. The predicted molar refractivity (Wildman–Crippen MR) is 115 cm³/mol. The van der Waals surface area contributed by atoms with E-state index in [-0.39, 0.29) is 24.0 Å². The Labute approximate surface area is 173 Å². The molecule has 4 atom stereocenters. The van der Waals surface area contributed by atoms with E-state index in [9.17, 15) is 13.2 Å². The highest BCUT2D eigenvalue weighted by Crippen LogP contribution is 2.37. The zero-order chi connectivity index (χ0) is 20.4. The fraction of sp³-hybridized carbons (Fsp3) is 0.522. The van der Waals surface area contributed by atoms with E-state index in [4.69, 9.17) is 0 Å². The van der Waals surface area contributed by atoms with E-state index in [1.807, 2.05) is 11.0 Å². The molecule has 1 amide bonds. The number of allylic oxidation sites excluding steroid dienone is 3. The van der Waals surface area contributed by atoms with Gasteiger partial charge in [-0.15, -0.1) is 0 Å². The summed E-state index contributed by atoms with van der Waals surface area (Å²) in [6, 6.07) is 10.4. The van der Waals surface area contributed by atoms with E-state index < -0.39 is 10.0 Å². The SMILES string of the molecule is CS(=O)(=O)NC1CC[C@H]2CCCC(=O)N2C1CC1=CC=CC(c2ccccc2)C1. The minimum absolute atomic E-state index is 0.106. The summed E-state index contributed by atoms with van der Waals surface area (Å²) in [5.41, 5.74) is 2.57. The molecular formula is C23H30N2O3S.